The zero-order chi connectivity index (χ0) is 11.5. The number of hydrogen-bond acceptors (Lipinski definition) is 2. The smallest absolute Gasteiger partial charge is 0.119 e. The summed E-state index contributed by atoms with van der Waals surface area (Å²) in [7, 11) is 0. The Labute approximate surface area is 92.4 Å². The van der Waals surface area contributed by atoms with Crippen LogP contribution in [0.1, 0.15) is 39.7 Å². The summed E-state index contributed by atoms with van der Waals surface area (Å²) in [6, 6.07) is 8.05. The minimum Gasteiger partial charge on any atom is -0.491 e. The van der Waals surface area contributed by atoms with Gasteiger partial charge in [0.1, 0.15) is 5.75 Å². The predicted octanol–water partition coefficient (Wildman–Crippen LogP) is 3.06. The van der Waals surface area contributed by atoms with E-state index in [4.69, 9.17) is 10.5 Å². The summed E-state index contributed by atoms with van der Waals surface area (Å²) in [5.41, 5.74) is 7.06. The number of hydrogen-bond donors (Lipinski definition) is 1. The van der Waals surface area contributed by atoms with Crippen LogP contribution in [-0.4, -0.2) is 6.10 Å². The third kappa shape index (κ3) is 3.24. The van der Waals surface area contributed by atoms with Crippen molar-refractivity contribution < 1.29 is 4.74 Å². The lowest BCUT2D eigenvalue weighted by Crippen LogP contribution is -2.31. The second-order valence-electron chi connectivity index (χ2n) is 4.46. The quantitative estimate of drug-likeness (QED) is 0.823. The standard InChI is InChI=1S/C13H21NO/c1-5-13(4,14)11-6-8-12(9-7-11)15-10(2)3/h6-10H,5,14H2,1-4H3. The maximum atomic E-state index is 6.15. The molecule has 0 heterocycles. The minimum atomic E-state index is -0.240. The Balaban J connectivity index is 2.81. The molecule has 1 aromatic carbocycles. The van der Waals surface area contributed by atoms with Crippen LogP contribution in [0, 0.1) is 0 Å². The first-order chi connectivity index (χ1) is 6.95. The molecule has 2 nitrogen and oxygen atoms in total. The van der Waals surface area contributed by atoms with Crippen LogP contribution < -0.4 is 10.5 Å². The zero-order valence-electron chi connectivity index (χ0n) is 10.1. The van der Waals surface area contributed by atoms with E-state index in [0.717, 1.165) is 17.7 Å². The van der Waals surface area contributed by atoms with Crippen molar-refractivity contribution in [3.05, 3.63) is 29.8 Å². The molecule has 2 N–H and O–H groups in total. The number of ether oxygens (including phenoxy) is 1. The van der Waals surface area contributed by atoms with Gasteiger partial charge in [0, 0.05) is 5.54 Å². The molecule has 0 aliphatic rings. The lowest BCUT2D eigenvalue weighted by atomic mass is 9.91. The van der Waals surface area contributed by atoms with Crippen molar-refractivity contribution >= 4 is 0 Å². The summed E-state index contributed by atoms with van der Waals surface area (Å²) < 4.78 is 5.57. The van der Waals surface area contributed by atoms with Crippen LogP contribution in [0.2, 0.25) is 0 Å². The highest BCUT2D eigenvalue weighted by molar-refractivity contribution is 5.31. The van der Waals surface area contributed by atoms with Gasteiger partial charge in [0.15, 0.2) is 0 Å². The normalized spacial score (nSPS) is 15.1. The molecule has 0 aliphatic heterocycles. The Morgan fingerprint density at radius 3 is 2.20 bits per heavy atom. The molecule has 0 radical (unpaired) electrons. The molecule has 1 unspecified atom stereocenters. The molecule has 15 heavy (non-hydrogen) atoms. The van der Waals surface area contributed by atoms with Gasteiger partial charge in [-0.3, -0.25) is 0 Å². The van der Waals surface area contributed by atoms with Crippen LogP contribution in [0.5, 0.6) is 5.75 Å². The molecule has 0 spiro atoms. The third-order valence-corrected chi connectivity index (χ3v) is 2.62. The molecule has 0 aliphatic carbocycles. The van der Waals surface area contributed by atoms with Gasteiger partial charge in [0.05, 0.1) is 6.10 Å². The lowest BCUT2D eigenvalue weighted by molar-refractivity contribution is 0.242. The molecule has 0 fully saturated rings. The van der Waals surface area contributed by atoms with Gasteiger partial charge >= 0.3 is 0 Å². The van der Waals surface area contributed by atoms with Crippen LogP contribution >= 0.6 is 0 Å². The monoisotopic (exact) mass is 207 g/mol. The van der Waals surface area contributed by atoms with Crippen molar-refractivity contribution in [1.29, 1.82) is 0 Å². The molecule has 2 heteroatoms. The van der Waals surface area contributed by atoms with Crippen molar-refractivity contribution in [3.8, 4) is 5.75 Å². The van der Waals surface area contributed by atoms with Gasteiger partial charge in [-0.25, -0.2) is 0 Å². The Bertz CT molecular complexity index is 301. The van der Waals surface area contributed by atoms with Crippen molar-refractivity contribution in [3.63, 3.8) is 0 Å². The first-order valence-electron chi connectivity index (χ1n) is 5.52. The summed E-state index contributed by atoms with van der Waals surface area (Å²) >= 11 is 0. The van der Waals surface area contributed by atoms with E-state index in [-0.39, 0.29) is 11.6 Å². The van der Waals surface area contributed by atoms with Crippen LogP contribution in [-0.2, 0) is 5.54 Å². The van der Waals surface area contributed by atoms with Gasteiger partial charge in [-0.15, -0.1) is 0 Å². The Hall–Kier alpha value is -1.02. The largest absolute Gasteiger partial charge is 0.491 e. The summed E-state index contributed by atoms with van der Waals surface area (Å²) in [5.74, 6) is 0.903. The highest BCUT2D eigenvalue weighted by Crippen LogP contribution is 2.23. The summed E-state index contributed by atoms with van der Waals surface area (Å²) in [4.78, 5) is 0. The fraction of sp³-hybridized carbons (Fsp3) is 0.538. The maximum Gasteiger partial charge on any atom is 0.119 e. The molecule has 0 aromatic heterocycles. The van der Waals surface area contributed by atoms with E-state index in [1.165, 1.54) is 0 Å². The first-order valence-corrected chi connectivity index (χ1v) is 5.52. The minimum absolute atomic E-state index is 0.214. The van der Waals surface area contributed by atoms with Crippen molar-refractivity contribution in [2.24, 2.45) is 5.73 Å². The van der Waals surface area contributed by atoms with E-state index in [1.807, 2.05) is 45.0 Å². The second-order valence-corrected chi connectivity index (χ2v) is 4.46. The molecule has 1 rings (SSSR count). The van der Waals surface area contributed by atoms with Crippen molar-refractivity contribution in [1.82, 2.24) is 0 Å². The molecular weight excluding hydrogens is 186 g/mol. The highest BCUT2D eigenvalue weighted by Gasteiger charge is 2.17. The SMILES string of the molecule is CCC(C)(N)c1ccc(OC(C)C)cc1. The molecule has 0 bridgehead atoms. The van der Waals surface area contributed by atoms with E-state index >= 15 is 0 Å². The number of rotatable bonds is 4. The van der Waals surface area contributed by atoms with Crippen LogP contribution in [0.25, 0.3) is 0 Å². The van der Waals surface area contributed by atoms with Crippen LogP contribution in [0.3, 0.4) is 0 Å². The fourth-order valence-corrected chi connectivity index (χ4v) is 1.39. The Morgan fingerprint density at radius 1 is 1.27 bits per heavy atom. The third-order valence-electron chi connectivity index (χ3n) is 2.62. The predicted molar refractivity (Wildman–Crippen MR) is 64.0 cm³/mol. The first kappa shape index (κ1) is 12.1. The van der Waals surface area contributed by atoms with Crippen LogP contribution in [0.15, 0.2) is 24.3 Å². The van der Waals surface area contributed by atoms with Gasteiger partial charge in [-0.1, -0.05) is 19.1 Å². The molecule has 1 atom stereocenters. The van der Waals surface area contributed by atoms with Crippen LogP contribution in [0.4, 0.5) is 0 Å². The van der Waals surface area contributed by atoms with Gasteiger partial charge in [-0.2, -0.15) is 0 Å². The van der Waals surface area contributed by atoms with Crippen molar-refractivity contribution in [2.45, 2.75) is 45.8 Å². The van der Waals surface area contributed by atoms with E-state index in [2.05, 4.69) is 6.92 Å². The molecule has 0 amide bonds. The molecule has 1 aromatic rings. The Morgan fingerprint density at radius 2 is 1.80 bits per heavy atom. The molecule has 0 saturated carbocycles. The second kappa shape index (κ2) is 4.67. The van der Waals surface area contributed by atoms with Gasteiger partial charge < -0.3 is 10.5 Å². The summed E-state index contributed by atoms with van der Waals surface area (Å²) in [6.45, 7) is 8.18. The summed E-state index contributed by atoms with van der Waals surface area (Å²) in [6.07, 6.45) is 1.14. The number of nitrogens with two attached hydrogens (primary N) is 1. The fourth-order valence-electron chi connectivity index (χ4n) is 1.39. The highest BCUT2D eigenvalue weighted by atomic mass is 16.5. The van der Waals surface area contributed by atoms with Gasteiger partial charge in [-0.05, 0) is 44.9 Å². The Kier molecular flexibility index (Phi) is 3.75. The average Bonchev–Trinajstić information content (AvgIpc) is 2.18. The zero-order valence-corrected chi connectivity index (χ0v) is 10.1. The van der Waals surface area contributed by atoms with Crippen molar-refractivity contribution in [2.75, 3.05) is 0 Å². The topological polar surface area (TPSA) is 35.2 Å². The van der Waals surface area contributed by atoms with Gasteiger partial charge in [0.2, 0.25) is 0 Å². The maximum absolute atomic E-state index is 6.15. The lowest BCUT2D eigenvalue weighted by Gasteiger charge is -2.23. The molecule has 84 valence electrons. The summed E-state index contributed by atoms with van der Waals surface area (Å²) in [5, 5.41) is 0. The van der Waals surface area contributed by atoms with E-state index in [1.54, 1.807) is 0 Å². The number of benzene rings is 1. The van der Waals surface area contributed by atoms with E-state index in [9.17, 15) is 0 Å². The van der Waals surface area contributed by atoms with E-state index in [0.29, 0.717) is 0 Å². The average molecular weight is 207 g/mol. The van der Waals surface area contributed by atoms with Gasteiger partial charge in [0.25, 0.3) is 0 Å². The molecule has 0 saturated heterocycles. The molecular formula is C13H21NO. The van der Waals surface area contributed by atoms with E-state index < -0.39 is 0 Å².